The molecule has 0 saturated heterocycles. The molecule has 3 aromatic carbocycles. The molecule has 2 heterocycles. The molecule has 0 saturated carbocycles. The molecule has 0 spiro atoms. The van der Waals surface area contributed by atoms with Crippen molar-refractivity contribution in [3.05, 3.63) is 74.0 Å². The van der Waals surface area contributed by atoms with Crippen LogP contribution in [0.25, 0.3) is 43.6 Å². The van der Waals surface area contributed by atoms with Gasteiger partial charge in [-0.1, -0.05) is 18.2 Å². The fourth-order valence-electron chi connectivity index (χ4n) is 4.18. The molecule has 0 atom stereocenters. The molecule has 0 aliphatic rings. The number of pyridine rings is 2. The molecule has 30 heavy (non-hydrogen) atoms. The third-order valence-corrected chi connectivity index (χ3v) is 6.52. The fraction of sp³-hybridized carbons (Fsp3) is 0.0909. The zero-order valence-corrected chi connectivity index (χ0v) is 16.8. The number of benzene rings is 3. The minimum atomic E-state index is -4.55. The Morgan fingerprint density at radius 3 is 2.17 bits per heavy atom. The minimum Gasteiger partial charge on any atom is -0.354 e. The molecule has 7 nitrogen and oxygen atoms in total. The average molecular weight is 420 g/mol. The number of aromatic nitrogens is 2. The highest BCUT2D eigenvalue weighted by Crippen LogP contribution is 2.28. The van der Waals surface area contributed by atoms with Crippen LogP contribution in [0.15, 0.2) is 56.9 Å². The summed E-state index contributed by atoms with van der Waals surface area (Å²) in [6, 6.07) is 11.1. The van der Waals surface area contributed by atoms with Crippen molar-refractivity contribution in [2.75, 3.05) is 0 Å². The molecule has 0 unspecified atom stereocenters. The van der Waals surface area contributed by atoms with Crippen LogP contribution in [0.4, 0.5) is 0 Å². The number of H-pyrrole nitrogens is 2. The molecule has 0 fully saturated rings. The molecule has 0 radical (unpaired) electrons. The van der Waals surface area contributed by atoms with Crippen molar-refractivity contribution >= 4 is 53.7 Å². The number of hydrogen-bond donors (Lipinski definition) is 3. The lowest BCUT2D eigenvalue weighted by Crippen LogP contribution is -2.12. The Hall–Kier alpha value is -3.49. The van der Waals surface area contributed by atoms with E-state index in [1.54, 1.807) is 25.1 Å². The number of fused-ring (bicyclic) bond motifs is 4. The van der Waals surface area contributed by atoms with Crippen molar-refractivity contribution in [1.29, 1.82) is 0 Å². The van der Waals surface area contributed by atoms with Gasteiger partial charge in [-0.05, 0) is 49.2 Å². The average Bonchev–Trinajstić information content (AvgIpc) is 2.69. The van der Waals surface area contributed by atoms with Crippen LogP contribution in [-0.2, 0) is 10.1 Å². The molecule has 0 amide bonds. The Morgan fingerprint density at radius 2 is 1.47 bits per heavy atom. The van der Waals surface area contributed by atoms with Crippen LogP contribution < -0.4 is 10.9 Å². The minimum absolute atomic E-state index is 0.00399. The highest BCUT2D eigenvalue weighted by atomic mass is 32.2. The molecule has 3 N–H and O–H groups in total. The summed E-state index contributed by atoms with van der Waals surface area (Å²) < 4.78 is 33.1. The maximum atomic E-state index is 13.3. The molecule has 5 rings (SSSR count). The highest BCUT2D eigenvalue weighted by Gasteiger charge is 2.19. The number of aromatic amines is 2. The normalized spacial score (nSPS) is 12.4. The Bertz CT molecular complexity index is 1780. The van der Waals surface area contributed by atoms with Crippen LogP contribution in [0.2, 0.25) is 0 Å². The lowest BCUT2D eigenvalue weighted by atomic mass is 10.00. The molecule has 2 aromatic heterocycles. The first-order chi connectivity index (χ1) is 14.2. The Labute approximate surface area is 169 Å². The van der Waals surface area contributed by atoms with Crippen LogP contribution in [0.3, 0.4) is 0 Å². The monoisotopic (exact) mass is 420 g/mol. The van der Waals surface area contributed by atoms with Crippen LogP contribution >= 0.6 is 0 Å². The predicted octanol–water partition coefficient (Wildman–Crippen LogP) is 3.54. The van der Waals surface area contributed by atoms with Gasteiger partial charge in [0, 0.05) is 16.2 Å². The summed E-state index contributed by atoms with van der Waals surface area (Å²) in [7, 11) is -4.55. The second kappa shape index (κ2) is 6.01. The first-order valence-corrected chi connectivity index (χ1v) is 10.6. The van der Waals surface area contributed by atoms with E-state index < -0.39 is 10.1 Å². The van der Waals surface area contributed by atoms with Gasteiger partial charge in [0.15, 0.2) is 10.9 Å². The topological polar surface area (TPSA) is 120 Å². The van der Waals surface area contributed by atoms with Gasteiger partial charge >= 0.3 is 0 Å². The first kappa shape index (κ1) is 18.5. The van der Waals surface area contributed by atoms with Crippen LogP contribution in [0.5, 0.6) is 0 Å². The van der Waals surface area contributed by atoms with E-state index in [0.717, 1.165) is 5.56 Å². The smallest absolute Gasteiger partial charge is 0.296 e. The molecule has 5 aromatic rings. The standard InChI is InChI=1S/C22H16N2O5S/c1-10-5-3-6-12-18(10)24-19-11(2)17-15(9-14(19)21(12)25)23-20-13(22(17)26)7-4-8-16(20)30(27,28)29/h3-9H,1-2H3,(H,23,26)(H,24,25)(H,27,28,29). The summed E-state index contributed by atoms with van der Waals surface area (Å²) in [5.41, 5.74) is 2.54. The van der Waals surface area contributed by atoms with E-state index in [2.05, 4.69) is 9.97 Å². The van der Waals surface area contributed by atoms with Gasteiger partial charge < -0.3 is 9.97 Å². The number of rotatable bonds is 1. The van der Waals surface area contributed by atoms with Crippen molar-refractivity contribution in [3.8, 4) is 0 Å². The molecule has 8 heteroatoms. The number of hydrogen-bond acceptors (Lipinski definition) is 4. The highest BCUT2D eigenvalue weighted by molar-refractivity contribution is 7.86. The Kier molecular flexibility index (Phi) is 3.71. The third-order valence-electron chi connectivity index (χ3n) is 5.62. The first-order valence-electron chi connectivity index (χ1n) is 9.19. The zero-order chi connectivity index (χ0) is 21.4. The molecular weight excluding hydrogens is 404 g/mol. The maximum Gasteiger partial charge on any atom is 0.296 e. The largest absolute Gasteiger partial charge is 0.354 e. The maximum absolute atomic E-state index is 13.3. The van der Waals surface area contributed by atoms with Gasteiger partial charge in [0.05, 0.1) is 27.5 Å². The summed E-state index contributed by atoms with van der Waals surface area (Å²) in [5, 5.41) is 1.41. The van der Waals surface area contributed by atoms with Gasteiger partial charge in [-0.3, -0.25) is 14.1 Å². The van der Waals surface area contributed by atoms with Crippen LogP contribution in [0.1, 0.15) is 11.1 Å². The molecule has 150 valence electrons. The summed E-state index contributed by atoms with van der Waals surface area (Å²) in [6.45, 7) is 3.65. The zero-order valence-electron chi connectivity index (χ0n) is 16.0. The van der Waals surface area contributed by atoms with Crippen molar-refractivity contribution in [1.82, 2.24) is 9.97 Å². The van der Waals surface area contributed by atoms with Gasteiger partial charge in [0.1, 0.15) is 4.90 Å². The SMILES string of the molecule is Cc1cccc2c(=O)c3cc4[nH]c5c(S(=O)(=O)O)cccc5c(=O)c4c(C)c3[nH]c12. The molecular formula is C22H16N2O5S. The Morgan fingerprint density at radius 1 is 0.800 bits per heavy atom. The lowest BCUT2D eigenvalue weighted by molar-refractivity contribution is 0.484. The predicted molar refractivity (Wildman–Crippen MR) is 117 cm³/mol. The summed E-state index contributed by atoms with van der Waals surface area (Å²) in [6.07, 6.45) is 0. The van der Waals surface area contributed by atoms with E-state index in [4.69, 9.17) is 0 Å². The number of para-hydroxylation sites is 2. The van der Waals surface area contributed by atoms with Gasteiger partial charge in [-0.25, -0.2) is 0 Å². The van der Waals surface area contributed by atoms with Crippen LogP contribution in [0, 0.1) is 13.8 Å². The molecule has 0 aliphatic heterocycles. The lowest BCUT2D eigenvalue weighted by Gasteiger charge is -2.12. The van der Waals surface area contributed by atoms with E-state index in [0.29, 0.717) is 38.3 Å². The third kappa shape index (κ3) is 2.44. The van der Waals surface area contributed by atoms with Crippen molar-refractivity contribution < 1.29 is 13.0 Å². The number of nitrogens with one attached hydrogen (secondary N) is 2. The van der Waals surface area contributed by atoms with Crippen LogP contribution in [-0.4, -0.2) is 22.9 Å². The Balaban J connectivity index is 2.07. The van der Waals surface area contributed by atoms with Gasteiger partial charge in [-0.15, -0.1) is 0 Å². The van der Waals surface area contributed by atoms with Crippen molar-refractivity contribution in [2.24, 2.45) is 0 Å². The van der Waals surface area contributed by atoms with Gasteiger partial charge in [-0.2, -0.15) is 8.42 Å². The van der Waals surface area contributed by atoms with Gasteiger partial charge in [0.2, 0.25) is 0 Å². The number of aryl methyl sites for hydroxylation is 2. The van der Waals surface area contributed by atoms with Crippen molar-refractivity contribution in [3.63, 3.8) is 0 Å². The second-order valence-electron chi connectivity index (χ2n) is 7.41. The van der Waals surface area contributed by atoms with E-state index in [1.807, 2.05) is 13.0 Å². The summed E-state index contributed by atoms with van der Waals surface area (Å²) >= 11 is 0. The fourth-order valence-corrected chi connectivity index (χ4v) is 4.85. The van der Waals surface area contributed by atoms with E-state index in [9.17, 15) is 22.6 Å². The van der Waals surface area contributed by atoms with E-state index in [1.165, 1.54) is 18.2 Å². The summed E-state index contributed by atoms with van der Waals surface area (Å²) in [5.74, 6) is 0. The second-order valence-corrected chi connectivity index (χ2v) is 8.80. The van der Waals surface area contributed by atoms with E-state index in [-0.39, 0.29) is 26.7 Å². The molecule has 0 bridgehead atoms. The quantitative estimate of drug-likeness (QED) is 0.283. The van der Waals surface area contributed by atoms with Gasteiger partial charge in [0.25, 0.3) is 10.1 Å². The van der Waals surface area contributed by atoms with Crippen molar-refractivity contribution in [2.45, 2.75) is 18.7 Å². The summed E-state index contributed by atoms with van der Waals surface area (Å²) in [4.78, 5) is 32.3. The van der Waals surface area contributed by atoms with E-state index >= 15 is 0 Å². The molecule has 0 aliphatic carbocycles.